The van der Waals surface area contributed by atoms with Crippen LogP contribution in [0.1, 0.15) is 49.9 Å². The number of aromatic nitrogens is 6. The van der Waals surface area contributed by atoms with Gasteiger partial charge in [-0.25, -0.2) is 9.97 Å². The largest absolute Gasteiger partial charge is 0.309 e. The summed E-state index contributed by atoms with van der Waals surface area (Å²) in [5, 5.41) is 7.11. The first-order valence-electron chi connectivity index (χ1n) is 28.6. The van der Waals surface area contributed by atoms with Crippen LogP contribution < -0.4 is 0 Å². The SMILES string of the molecule is CC1(C)c2ccccc2-c2cc3c4cc(-n5c6ccccc6c6nc(-c7ccc8c(n7)c7ccccc7n8-c7ccc8c(c7)c7cc9c(cc7n8-c7ccccc7)C(C)(C)c7ccccc7-9)ccc65)ccc4n(-c4ccccc4)c3cc21. The van der Waals surface area contributed by atoms with E-state index in [0.29, 0.717) is 0 Å². The summed E-state index contributed by atoms with van der Waals surface area (Å²) >= 11 is 0. The van der Waals surface area contributed by atoms with E-state index in [1.54, 1.807) is 0 Å². The maximum absolute atomic E-state index is 5.54. The van der Waals surface area contributed by atoms with Crippen LogP contribution in [0.5, 0.6) is 0 Å². The molecule has 0 spiro atoms. The molecule has 0 N–H and O–H groups in total. The molecule has 2 aliphatic rings. The topological polar surface area (TPSA) is 45.5 Å². The van der Waals surface area contributed by atoms with Crippen LogP contribution in [-0.4, -0.2) is 28.2 Å². The molecule has 16 aromatic rings. The predicted molar refractivity (Wildman–Crippen MR) is 340 cm³/mol. The maximum Gasteiger partial charge on any atom is 0.0971 e. The molecule has 0 atom stereocenters. The van der Waals surface area contributed by atoms with Gasteiger partial charge < -0.3 is 18.3 Å². The van der Waals surface area contributed by atoms with Crippen molar-refractivity contribution in [3.05, 3.63) is 265 Å². The third kappa shape index (κ3) is 6.02. The zero-order valence-corrected chi connectivity index (χ0v) is 45.8. The van der Waals surface area contributed by atoms with E-state index < -0.39 is 0 Å². The van der Waals surface area contributed by atoms with Crippen molar-refractivity contribution in [2.45, 2.75) is 38.5 Å². The molecule has 0 unspecified atom stereocenters. The average Bonchev–Trinajstić information content (AvgIpc) is 2.23. The van der Waals surface area contributed by atoms with Gasteiger partial charge in [-0.1, -0.05) is 149 Å². The summed E-state index contributed by atoms with van der Waals surface area (Å²) in [5.41, 5.74) is 27.7. The Kier molecular flexibility index (Phi) is 8.99. The van der Waals surface area contributed by atoms with E-state index in [4.69, 9.17) is 9.97 Å². The molecule has 0 saturated heterocycles. The van der Waals surface area contributed by atoms with Gasteiger partial charge in [-0.2, -0.15) is 0 Å². The lowest BCUT2D eigenvalue weighted by atomic mass is 9.82. The Morgan fingerprint density at radius 3 is 1.05 bits per heavy atom. The first kappa shape index (κ1) is 45.6. The number of hydrogen-bond donors (Lipinski definition) is 0. The standard InChI is InChI=1S/C76H52N6/c1-75(2)59-27-15-11-23-49(59)53-41-57-55-39-47(31-35-67(55)79(71(57)43-61(53)75)45-19-7-5-8-20-45)81-65-29-17-13-25-51(65)73-69(81)37-33-63(77-73)64-34-38-70-74(78-64)52-26-14-18-30-66(52)82(70)48-32-36-68-56(40-48)58-42-54-50-24-12-16-28-60(50)76(3,4)62(54)44-72(58)80(68)46-21-9-6-10-22-46/h5-44H,1-4H3. The number of hydrogen-bond acceptors (Lipinski definition) is 2. The fraction of sp³-hybridized carbons (Fsp3) is 0.0789. The molecule has 6 heteroatoms. The molecule has 0 fully saturated rings. The molecule has 10 aromatic carbocycles. The van der Waals surface area contributed by atoms with Crippen LogP contribution in [0.2, 0.25) is 0 Å². The van der Waals surface area contributed by atoms with E-state index in [0.717, 1.165) is 78.0 Å². The highest BCUT2D eigenvalue weighted by Gasteiger charge is 2.38. The molecule has 0 bridgehead atoms. The third-order valence-electron chi connectivity index (χ3n) is 18.7. The van der Waals surface area contributed by atoms with Gasteiger partial charge in [0.05, 0.1) is 66.6 Å². The van der Waals surface area contributed by atoms with Crippen molar-refractivity contribution in [3.8, 4) is 56.4 Å². The second kappa shape index (κ2) is 16.2. The minimum Gasteiger partial charge on any atom is -0.309 e. The fourth-order valence-electron chi connectivity index (χ4n) is 14.9. The lowest BCUT2D eigenvalue weighted by Gasteiger charge is -2.21. The lowest BCUT2D eigenvalue weighted by Crippen LogP contribution is -2.14. The maximum atomic E-state index is 5.54. The highest BCUT2D eigenvalue weighted by molar-refractivity contribution is 6.15. The van der Waals surface area contributed by atoms with Crippen LogP contribution in [0, 0.1) is 0 Å². The monoisotopic (exact) mass is 1050 g/mol. The molecule has 6 heterocycles. The molecule has 386 valence electrons. The van der Waals surface area contributed by atoms with E-state index in [1.807, 2.05) is 0 Å². The Balaban J connectivity index is 0.787. The zero-order chi connectivity index (χ0) is 54.3. The molecule has 6 nitrogen and oxygen atoms in total. The molecule has 82 heavy (non-hydrogen) atoms. The third-order valence-corrected chi connectivity index (χ3v) is 18.7. The Bertz CT molecular complexity index is 5110. The molecule has 0 amide bonds. The van der Waals surface area contributed by atoms with E-state index in [2.05, 4.69) is 289 Å². The quantitative estimate of drug-likeness (QED) is 0.172. The van der Waals surface area contributed by atoms with Gasteiger partial charge in [0, 0.05) is 65.9 Å². The molecule has 2 aliphatic carbocycles. The number of fused-ring (bicyclic) bond motifs is 18. The zero-order valence-electron chi connectivity index (χ0n) is 45.8. The number of pyridine rings is 2. The second-order valence-electron chi connectivity index (χ2n) is 23.7. The van der Waals surface area contributed by atoms with Crippen molar-refractivity contribution in [1.29, 1.82) is 0 Å². The first-order chi connectivity index (χ1) is 40.2. The number of benzene rings is 10. The lowest BCUT2D eigenvalue weighted by molar-refractivity contribution is 0.661. The summed E-state index contributed by atoms with van der Waals surface area (Å²) in [4.78, 5) is 11.1. The summed E-state index contributed by atoms with van der Waals surface area (Å²) in [7, 11) is 0. The summed E-state index contributed by atoms with van der Waals surface area (Å²) in [6.45, 7) is 9.46. The Hall–Kier alpha value is -10.3. The number of para-hydroxylation sites is 4. The molecule has 18 rings (SSSR count). The van der Waals surface area contributed by atoms with E-state index in [-0.39, 0.29) is 10.8 Å². The van der Waals surface area contributed by atoms with Crippen molar-refractivity contribution in [2.75, 3.05) is 0 Å². The van der Waals surface area contributed by atoms with Crippen molar-refractivity contribution in [1.82, 2.24) is 28.2 Å². The number of nitrogens with zero attached hydrogens (tertiary/aromatic N) is 6. The van der Waals surface area contributed by atoms with Crippen molar-refractivity contribution in [3.63, 3.8) is 0 Å². The average molecular weight is 1050 g/mol. The van der Waals surface area contributed by atoms with Gasteiger partial charge >= 0.3 is 0 Å². The molecule has 0 radical (unpaired) electrons. The molecular weight excluding hydrogens is 997 g/mol. The van der Waals surface area contributed by atoms with Gasteiger partial charge in [0.2, 0.25) is 0 Å². The smallest absolute Gasteiger partial charge is 0.0971 e. The number of rotatable bonds is 5. The Morgan fingerprint density at radius 2 is 0.598 bits per heavy atom. The van der Waals surface area contributed by atoms with Gasteiger partial charge in [-0.3, -0.25) is 0 Å². The normalized spacial score (nSPS) is 14.0. The fourth-order valence-corrected chi connectivity index (χ4v) is 14.9. The first-order valence-corrected chi connectivity index (χ1v) is 28.6. The van der Waals surface area contributed by atoms with Gasteiger partial charge in [-0.05, 0) is 166 Å². The van der Waals surface area contributed by atoms with Gasteiger partial charge in [-0.15, -0.1) is 0 Å². The molecule has 0 aliphatic heterocycles. The van der Waals surface area contributed by atoms with Crippen molar-refractivity contribution in [2.24, 2.45) is 0 Å². The Morgan fingerprint density at radius 1 is 0.244 bits per heavy atom. The highest BCUT2D eigenvalue weighted by atomic mass is 15.0. The van der Waals surface area contributed by atoms with Crippen LogP contribution in [0.15, 0.2) is 243 Å². The van der Waals surface area contributed by atoms with Crippen LogP contribution in [0.3, 0.4) is 0 Å². The van der Waals surface area contributed by atoms with Gasteiger partial charge in [0.1, 0.15) is 0 Å². The van der Waals surface area contributed by atoms with Crippen LogP contribution >= 0.6 is 0 Å². The van der Waals surface area contributed by atoms with E-state index in [1.165, 1.54) is 88.1 Å². The summed E-state index contributed by atoms with van der Waals surface area (Å²) in [6.07, 6.45) is 0. The van der Waals surface area contributed by atoms with E-state index >= 15 is 0 Å². The van der Waals surface area contributed by atoms with Gasteiger partial charge in [0.15, 0.2) is 0 Å². The van der Waals surface area contributed by atoms with Crippen LogP contribution in [-0.2, 0) is 10.8 Å². The van der Waals surface area contributed by atoms with E-state index in [9.17, 15) is 0 Å². The molecule has 0 saturated carbocycles. The predicted octanol–water partition coefficient (Wildman–Crippen LogP) is 19.1. The van der Waals surface area contributed by atoms with Gasteiger partial charge in [0.25, 0.3) is 0 Å². The summed E-state index contributed by atoms with van der Waals surface area (Å²) in [6, 6.07) is 89.5. The van der Waals surface area contributed by atoms with Crippen LogP contribution in [0.25, 0.3) is 144 Å². The molecule has 6 aromatic heterocycles. The minimum absolute atomic E-state index is 0.116. The molecular formula is C76H52N6. The summed E-state index contributed by atoms with van der Waals surface area (Å²) in [5.74, 6) is 0. The highest BCUT2D eigenvalue weighted by Crippen LogP contribution is 2.53. The van der Waals surface area contributed by atoms with Crippen LogP contribution in [0.4, 0.5) is 0 Å². The van der Waals surface area contributed by atoms with Crippen molar-refractivity contribution >= 4 is 87.5 Å². The summed E-state index contributed by atoms with van der Waals surface area (Å²) < 4.78 is 9.68. The second-order valence-corrected chi connectivity index (χ2v) is 23.7. The minimum atomic E-state index is -0.116. The van der Waals surface area contributed by atoms with Crippen molar-refractivity contribution < 1.29 is 0 Å². The Labute approximate surface area is 473 Å².